The fourth-order valence-electron chi connectivity index (χ4n) is 4.11. The molecule has 4 nitrogen and oxygen atoms in total. The Hall–Kier alpha value is -1.42. The molecule has 1 aromatic heterocycles. The predicted molar refractivity (Wildman–Crippen MR) is 82.8 cm³/mol. The molecule has 3 rings (SSSR count). The van der Waals surface area contributed by atoms with Crippen molar-refractivity contribution in [3.05, 3.63) is 30.1 Å². The fraction of sp³-hybridized carbons (Fsp3) is 0.647. The molecule has 0 aliphatic carbocycles. The molecule has 3 atom stereocenters. The highest BCUT2D eigenvalue weighted by Gasteiger charge is 2.40. The third-order valence-corrected chi connectivity index (χ3v) is 5.15. The van der Waals surface area contributed by atoms with E-state index >= 15 is 0 Å². The van der Waals surface area contributed by atoms with Crippen LogP contribution < -0.4 is 0 Å². The second-order valence-corrected chi connectivity index (χ2v) is 6.33. The minimum atomic E-state index is 0.235. The van der Waals surface area contributed by atoms with Crippen LogP contribution in [0, 0.1) is 0 Å². The Morgan fingerprint density at radius 1 is 1.29 bits per heavy atom. The average Bonchev–Trinajstić information content (AvgIpc) is 3.15. The summed E-state index contributed by atoms with van der Waals surface area (Å²) in [4.78, 5) is 20.8. The monoisotopic (exact) mass is 287 g/mol. The highest BCUT2D eigenvalue weighted by molar-refractivity contribution is 5.74. The Kier molecular flexibility index (Phi) is 4.24. The number of carbonyl (C=O) groups is 1. The number of likely N-dealkylation sites (tertiary alicyclic amines) is 2. The van der Waals surface area contributed by atoms with Crippen molar-refractivity contribution in [3.63, 3.8) is 0 Å². The zero-order valence-electron chi connectivity index (χ0n) is 13.0. The van der Waals surface area contributed by atoms with Gasteiger partial charge >= 0.3 is 0 Å². The predicted octanol–water partition coefficient (Wildman–Crippen LogP) is 2.62. The van der Waals surface area contributed by atoms with Crippen molar-refractivity contribution in [1.29, 1.82) is 0 Å². The van der Waals surface area contributed by atoms with Crippen molar-refractivity contribution in [1.82, 2.24) is 14.8 Å². The SMILES string of the molecule is CC(=O)N1CCC[C@@H]1[C@H]1CCCN1[C@@H](C)c1cccnc1. The van der Waals surface area contributed by atoms with Gasteiger partial charge < -0.3 is 4.90 Å². The fourth-order valence-corrected chi connectivity index (χ4v) is 4.11. The normalized spacial score (nSPS) is 28.0. The molecule has 0 radical (unpaired) electrons. The molecule has 0 aromatic carbocycles. The van der Waals surface area contributed by atoms with Crippen LogP contribution in [0.5, 0.6) is 0 Å². The second-order valence-electron chi connectivity index (χ2n) is 6.33. The van der Waals surface area contributed by atoms with Gasteiger partial charge in [-0.25, -0.2) is 0 Å². The van der Waals surface area contributed by atoms with Crippen molar-refractivity contribution in [2.75, 3.05) is 13.1 Å². The summed E-state index contributed by atoms with van der Waals surface area (Å²) in [6.45, 7) is 6.04. The van der Waals surface area contributed by atoms with Crippen LogP contribution in [0.25, 0.3) is 0 Å². The lowest BCUT2D eigenvalue weighted by atomic mass is 10.0. The topological polar surface area (TPSA) is 36.4 Å². The van der Waals surface area contributed by atoms with Crippen LogP contribution in [0.15, 0.2) is 24.5 Å². The minimum absolute atomic E-state index is 0.235. The van der Waals surface area contributed by atoms with Crippen LogP contribution in [-0.4, -0.2) is 45.9 Å². The summed E-state index contributed by atoms with van der Waals surface area (Å²) in [5, 5.41) is 0. The molecule has 1 aromatic rings. The maximum Gasteiger partial charge on any atom is 0.219 e. The molecule has 0 bridgehead atoms. The lowest BCUT2D eigenvalue weighted by Crippen LogP contribution is -2.48. The van der Waals surface area contributed by atoms with Crippen molar-refractivity contribution in [3.8, 4) is 0 Å². The number of rotatable bonds is 3. The maximum absolute atomic E-state index is 11.9. The van der Waals surface area contributed by atoms with Crippen molar-refractivity contribution in [2.45, 2.75) is 57.7 Å². The molecule has 0 unspecified atom stereocenters. The van der Waals surface area contributed by atoms with E-state index in [9.17, 15) is 4.79 Å². The molecule has 2 saturated heterocycles. The summed E-state index contributed by atoms with van der Waals surface area (Å²) in [5.74, 6) is 0.235. The van der Waals surface area contributed by atoms with Gasteiger partial charge in [0.1, 0.15) is 0 Å². The van der Waals surface area contributed by atoms with Crippen molar-refractivity contribution in [2.24, 2.45) is 0 Å². The van der Waals surface area contributed by atoms with Gasteiger partial charge in [-0.15, -0.1) is 0 Å². The van der Waals surface area contributed by atoms with Crippen molar-refractivity contribution < 1.29 is 4.79 Å². The number of amides is 1. The number of nitrogens with zero attached hydrogens (tertiary/aromatic N) is 3. The number of carbonyl (C=O) groups excluding carboxylic acids is 1. The number of hydrogen-bond acceptors (Lipinski definition) is 3. The molecule has 4 heteroatoms. The van der Waals surface area contributed by atoms with Crippen LogP contribution >= 0.6 is 0 Å². The molecule has 2 fully saturated rings. The van der Waals surface area contributed by atoms with Gasteiger partial charge in [0, 0.05) is 44.0 Å². The van der Waals surface area contributed by atoms with Crippen LogP contribution in [0.1, 0.15) is 51.1 Å². The van der Waals surface area contributed by atoms with Crippen LogP contribution in [0.2, 0.25) is 0 Å². The lowest BCUT2D eigenvalue weighted by molar-refractivity contribution is -0.130. The minimum Gasteiger partial charge on any atom is -0.338 e. The molecular weight excluding hydrogens is 262 g/mol. The van der Waals surface area contributed by atoms with Gasteiger partial charge in [0.05, 0.1) is 0 Å². The molecule has 0 saturated carbocycles. The Morgan fingerprint density at radius 2 is 2.05 bits per heavy atom. The standard InChI is InChI=1S/C17H25N3O/c1-13(15-6-3-9-18-12-15)19-10-4-7-16(19)17-8-5-11-20(17)14(2)21/h3,6,9,12-13,16-17H,4-5,7-8,10-11H2,1-2H3/t13-,16+,17+/m0/s1. The van der Waals surface area contributed by atoms with E-state index in [2.05, 4.69) is 27.8 Å². The van der Waals surface area contributed by atoms with Gasteiger partial charge in [0.15, 0.2) is 0 Å². The Morgan fingerprint density at radius 3 is 2.76 bits per heavy atom. The first-order valence-corrected chi connectivity index (χ1v) is 8.11. The summed E-state index contributed by atoms with van der Waals surface area (Å²) >= 11 is 0. The van der Waals surface area contributed by atoms with E-state index in [4.69, 9.17) is 0 Å². The van der Waals surface area contributed by atoms with E-state index in [-0.39, 0.29) is 5.91 Å². The van der Waals surface area contributed by atoms with E-state index in [0.717, 1.165) is 25.9 Å². The van der Waals surface area contributed by atoms with Crippen molar-refractivity contribution >= 4 is 5.91 Å². The quantitative estimate of drug-likeness (QED) is 0.857. The number of aromatic nitrogens is 1. The average molecular weight is 287 g/mol. The van der Waals surface area contributed by atoms with E-state index in [1.807, 2.05) is 18.5 Å². The largest absolute Gasteiger partial charge is 0.338 e. The van der Waals surface area contributed by atoms with Gasteiger partial charge in [0.25, 0.3) is 0 Å². The third-order valence-electron chi connectivity index (χ3n) is 5.15. The third kappa shape index (κ3) is 2.82. The summed E-state index contributed by atoms with van der Waals surface area (Å²) in [5.41, 5.74) is 1.27. The molecule has 2 aliphatic heterocycles. The Labute approximate surface area is 127 Å². The van der Waals surface area contributed by atoms with E-state index < -0.39 is 0 Å². The number of hydrogen-bond donors (Lipinski definition) is 0. The first-order valence-electron chi connectivity index (χ1n) is 8.11. The summed E-state index contributed by atoms with van der Waals surface area (Å²) in [7, 11) is 0. The molecule has 0 spiro atoms. The van der Waals surface area contributed by atoms with Gasteiger partial charge in [-0.2, -0.15) is 0 Å². The van der Waals surface area contributed by atoms with Crippen LogP contribution in [0.3, 0.4) is 0 Å². The van der Waals surface area contributed by atoms with Crippen LogP contribution in [0.4, 0.5) is 0 Å². The van der Waals surface area contributed by atoms with Gasteiger partial charge in [-0.3, -0.25) is 14.7 Å². The molecular formula is C17H25N3O. The first-order chi connectivity index (χ1) is 10.2. The zero-order chi connectivity index (χ0) is 14.8. The van der Waals surface area contributed by atoms with Gasteiger partial charge in [-0.1, -0.05) is 6.07 Å². The van der Waals surface area contributed by atoms with Gasteiger partial charge in [0.2, 0.25) is 5.91 Å². The lowest BCUT2D eigenvalue weighted by Gasteiger charge is -2.37. The molecule has 114 valence electrons. The molecule has 21 heavy (non-hydrogen) atoms. The molecule has 3 heterocycles. The molecule has 2 aliphatic rings. The Balaban J connectivity index is 1.78. The summed E-state index contributed by atoms with van der Waals surface area (Å²) in [6.07, 6.45) is 8.54. The second kappa shape index (κ2) is 6.14. The van der Waals surface area contributed by atoms with Crippen LogP contribution in [-0.2, 0) is 4.79 Å². The zero-order valence-corrected chi connectivity index (χ0v) is 13.0. The van der Waals surface area contributed by atoms with E-state index in [1.54, 1.807) is 6.92 Å². The highest BCUT2D eigenvalue weighted by atomic mass is 16.2. The molecule has 0 N–H and O–H groups in total. The number of pyridine rings is 1. The molecule has 1 amide bonds. The van der Waals surface area contributed by atoms with Gasteiger partial charge in [-0.05, 0) is 50.8 Å². The van der Waals surface area contributed by atoms with E-state index in [0.29, 0.717) is 18.1 Å². The maximum atomic E-state index is 11.9. The highest BCUT2D eigenvalue weighted by Crippen LogP contribution is 2.35. The summed E-state index contributed by atoms with van der Waals surface area (Å²) < 4.78 is 0. The smallest absolute Gasteiger partial charge is 0.219 e. The first kappa shape index (κ1) is 14.5. The van der Waals surface area contributed by atoms with E-state index in [1.165, 1.54) is 18.4 Å². The Bertz CT molecular complexity index is 490. The summed E-state index contributed by atoms with van der Waals surface area (Å²) in [6, 6.07) is 5.45.